The van der Waals surface area contributed by atoms with Crippen LogP contribution in [0.5, 0.6) is 11.5 Å². The van der Waals surface area contributed by atoms with Gasteiger partial charge in [-0.3, -0.25) is 0 Å². The molecule has 0 aromatic heterocycles. The molecule has 100 valence electrons. The highest BCUT2D eigenvalue weighted by Crippen LogP contribution is 2.32. The van der Waals surface area contributed by atoms with E-state index in [-0.39, 0.29) is 11.1 Å². The molecular formula is C14H12Cl2FNO. The van der Waals surface area contributed by atoms with Crippen LogP contribution < -0.4 is 10.5 Å². The standard InChI is InChI=1S/C14H12Cl2FNO/c1-8(18)9-2-5-14(12(16)6-9)19-10-3-4-13(17)11(15)7-10/h2-8H,18H2,1H3. The Morgan fingerprint density at radius 2 is 1.84 bits per heavy atom. The van der Waals surface area contributed by atoms with Gasteiger partial charge in [0.2, 0.25) is 0 Å². The summed E-state index contributed by atoms with van der Waals surface area (Å²) in [6.45, 7) is 1.87. The third-order valence-electron chi connectivity index (χ3n) is 2.60. The summed E-state index contributed by atoms with van der Waals surface area (Å²) in [5, 5.41) is 0.441. The maximum Gasteiger partial charge on any atom is 0.146 e. The van der Waals surface area contributed by atoms with E-state index in [1.165, 1.54) is 18.2 Å². The highest BCUT2D eigenvalue weighted by Gasteiger charge is 2.08. The van der Waals surface area contributed by atoms with Crippen LogP contribution in [0.15, 0.2) is 36.4 Å². The maximum absolute atomic E-state index is 13.0. The first-order valence-corrected chi connectivity index (χ1v) is 6.41. The van der Waals surface area contributed by atoms with Gasteiger partial charge in [-0.15, -0.1) is 0 Å². The predicted molar refractivity (Wildman–Crippen MR) is 75.5 cm³/mol. The molecule has 0 saturated carbocycles. The second-order valence-electron chi connectivity index (χ2n) is 4.16. The Labute approximate surface area is 120 Å². The quantitative estimate of drug-likeness (QED) is 0.871. The molecule has 1 atom stereocenters. The Kier molecular flexibility index (Phi) is 4.30. The smallest absolute Gasteiger partial charge is 0.146 e. The molecule has 0 aliphatic heterocycles. The SMILES string of the molecule is CC(N)c1ccc(Oc2ccc(F)c(Cl)c2)c(Cl)c1. The zero-order valence-corrected chi connectivity index (χ0v) is 11.7. The Hall–Kier alpha value is -1.29. The molecule has 0 saturated heterocycles. The minimum absolute atomic E-state index is 0.000762. The summed E-state index contributed by atoms with van der Waals surface area (Å²) in [5.41, 5.74) is 6.67. The highest BCUT2D eigenvalue weighted by molar-refractivity contribution is 6.32. The lowest BCUT2D eigenvalue weighted by Crippen LogP contribution is -2.04. The largest absolute Gasteiger partial charge is 0.456 e. The molecule has 0 aliphatic carbocycles. The molecule has 5 heteroatoms. The van der Waals surface area contributed by atoms with Crippen molar-refractivity contribution in [2.24, 2.45) is 5.73 Å². The van der Waals surface area contributed by atoms with Crippen molar-refractivity contribution in [1.82, 2.24) is 0 Å². The number of hydrogen-bond donors (Lipinski definition) is 1. The van der Waals surface area contributed by atoms with E-state index < -0.39 is 5.82 Å². The normalized spacial score (nSPS) is 12.3. The molecule has 1 unspecified atom stereocenters. The molecule has 0 heterocycles. The topological polar surface area (TPSA) is 35.2 Å². The first-order chi connectivity index (χ1) is 8.97. The summed E-state index contributed by atoms with van der Waals surface area (Å²) in [7, 11) is 0. The molecule has 2 aromatic carbocycles. The lowest BCUT2D eigenvalue weighted by Gasteiger charge is -2.11. The van der Waals surface area contributed by atoms with E-state index in [1.54, 1.807) is 12.1 Å². The van der Waals surface area contributed by atoms with E-state index in [0.29, 0.717) is 16.5 Å². The molecule has 0 radical (unpaired) electrons. The predicted octanol–water partition coefficient (Wildman–Crippen LogP) is 4.94. The number of benzene rings is 2. The minimum atomic E-state index is -0.493. The van der Waals surface area contributed by atoms with Gasteiger partial charge in [-0.1, -0.05) is 29.3 Å². The lowest BCUT2D eigenvalue weighted by molar-refractivity contribution is 0.480. The average molecular weight is 300 g/mol. The van der Waals surface area contributed by atoms with Crippen LogP contribution in [0, 0.1) is 5.82 Å². The van der Waals surface area contributed by atoms with Gasteiger partial charge in [0.05, 0.1) is 10.0 Å². The van der Waals surface area contributed by atoms with E-state index in [9.17, 15) is 4.39 Å². The molecule has 0 spiro atoms. The summed E-state index contributed by atoms with van der Waals surface area (Å²) in [6, 6.07) is 9.31. The molecule has 2 aromatic rings. The van der Waals surface area contributed by atoms with Gasteiger partial charge < -0.3 is 10.5 Å². The monoisotopic (exact) mass is 299 g/mol. The van der Waals surface area contributed by atoms with Crippen molar-refractivity contribution in [3.05, 3.63) is 57.8 Å². The fraction of sp³-hybridized carbons (Fsp3) is 0.143. The van der Waals surface area contributed by atoms with Crippen LogP contribution >= 0.6 is 23.2 Å². The molecule has 0 aliphatic rings. The van der Waals surface area contributed by atoms with Crippen LogP contribution in [0.3, 0.4) is 0 Å². The summed E-state index contributed by atoms with van der Waals surface area (Å²) in [5.74, 6) is 0.392. The van der Waals surface area contributed by atoms with Crippen molar-refractivity contribution < 1.29 is 9.13 Å². The number of ether oxygens (including phenoxy) is 1. The van der Waals surface area contributed by atoms with Crippen molar-refractivity contribution in [3.63, 3.8) is 0 Å². The molecule has 19 heavy (non-hydrogen) atoms. The molecule has 0 amide bonds. The van der Waals surface area contributed by atoms with Gasteiger partial charge in [-0.2, -0.15) is 0 Å². The number of hydrogen-bond acceptors (Lipinski definition) is 2. The highest BCUT2D eigenvalue weighted by atomic mass is 35.5. The van der Waals surface area contributed by atoms with Crippen LogP contribution in [-0.4, -0.2) is 0 Å². The summed E-state index contributed by atoms with van der Waals surface area (Å²) in [4.78, 5) is 0. The number of rotatable bonds is 3. The van der Waals surface area contributed by atoms with E-state index in [2.05, 4.69) is 0 Å². The van der Waals surface area contributed by atoms with E-state index >= 15 is 0 Å². The number of nitrogens with two attached hydrogens (primary N) is 1. The second kappa shape index (κ2) is 5.78. The van der Waals surface area contributed by atoms with Crippen molar-refractivity contribution in [3.8, 4) is 11.5 Å². The Balaban J connectivity index is 2.25. The lowest BCUT2D eigenvalue weighted by atomic mass is 10.1. The minimum Gasteiger partial charge on any atom is -0.456 e. The molecular weight excluding hydrogens is 288 g/mol. The second-order valence-corrected chi connectivity index (χ2v) is 4.97. The van der Waals surface area contributed by atoms with Gasteiger partial charge >= 0.3 is 0 Å². The van der Waals surface area contributed by atoms with Crippen molar-refractivity contribution in [2.45, 2.75) is 13.0 Å². The van der Waals surface area contributed by atoms with Crippen LogP contribution in [0.1, 0.15) is 18.5 Å². The Bertz CT molecular complexity index is 602. The van der Waals surface area contributed by atoms with Gasteiger partial charge in [0.1, 0.15) is 17.3 Å². The summed E-state index contributed by atoms with van der Waals surface area (Å²) >= 11 is 11.8. The van der Waals surface area contributed by atoms with Crippen molar-refractivity contribution >= 4 is 23.2 Å². The van der Waals surface area contributed by atoms with E-state index in [4.69, 9.17) is 33.7 Å². The molecule has 2 nitrogen and oxygen atoms in total. The van der Waals surface area contributed by atoms with Gasteiger partial charge in [0.15, 0.2) is 0 Å². The molecule has 0 fully saturated rings. The third-order valence-corrected chi connectivity index (χ3v) is 3.19. The van der Waals surface area contributed by atoms with Crippen LogP contribution in [0.4, 0.5) is 4.39 Å². The van der Waals surface area contributed by atoms with Crippen LogP contribution in [0.25, 0.3) is 0 Å². The molecule has 0 bridgehead atoms. The summed E-state index contributed by atoms with van der Waals surface area (Å²) < 4.78 is 18.6. The van der Waals surface area contributed by atoms with Gasteiger partial charge in [-0.05, 0) is 36.8 Å². The van der Waals surface area contributed by atoms with Crippen LogP contribution in [-0.2, 0) is 0 Å². The summed E-state index contributed by atoms with van der Waals surface area (Å²) in [6.07, 6.45) is 0. The zero-order chi connectivity index (χ0) is 14.0. The Morgan fingerprint density at radius 1 is 1.11 bits per heavy atom. The Morgan fingerprint density at radius 3 is 2.42 bits per heavy atom. The van der Waals surface area contributed by atoms with Gasteiger partial charge in [0, 0.05) is 12.1 Å². The fourth-order valence-corrected chi connectivity index (χ4v) is 1.95. The van der Waals surface area contributed by atoms with E-state index in [0.717, 1.165) is 5.56 Å². The van der Waals surface area contributed by atoms with Crippen molar-refractivity contribution in [2.75, 3.05) is 0 Å². The molecule has 2 N–H and O–H groups in total. The van der Waals surface area contributed by atoms with Gasteiger partial charge in [-0.25, -0.2) is 4.39 Å². The molecule has 2 rings (SSSR count). The number of halogens is 3. The fourth-order valence-electron chi connectivity index (χ4n) is 1.55. The third kappa shape index (κ3) is 3.38. The average Bonchev–Trinajstić information content (AvgIpc) is 2.36. The van der Waals surface area contributed by atoms with Gasteiger partial charge in [0.25, 0.3) is 0 Å². The van der Waals surface area contributed by atoms with Crippen LogP contribution in [0.2, 0.25) is 10.0 Å². The maximum atomic E-state index is 13.0. The van der Waals surface area contributed by atoms with Crippen molar-refractivity contribution in [1.29, 1.82) is 0 Å². The zero-order valence-electron chi connectivity index (χ0n) is 10.2. The van der Waals surface area contributed by atoms with E-state index in [1.807, 2.05) is 13.0 Å². The first-order valence-electron chi connectivity index (χ1n) is 5.65. The first kappa shape index (κ1) is 14.1.